The summed E-state index contributed by atoms with van der Waals surface area (Å²) < 4.78 is 5.59. The van der Waals surface area contributed by atoms with Crippen molar-refractivity contribution in [3.05, 3.63) is 0 Å². The van der Waals surface area contributed by atoms with Gasteiger partial charge < -0.3 is 15.4 Å². The molecule has 1 fully saturated rings. The average molecular weight is 311 g/mol. The average Bonchev–Trinajstić information content (AvgIpc) is 2.39. The van der Waals surface area contributed by atoms with Gasteiger partial charge in [0.25, 0.3) is 0 Å². The van der Waals surface area contributed by atoms with E-state index in [1.807, 2.05) is 35.3 Å². The Bertz CT molecular complexity index is 100. The molecule has 1 saturated heterocycles. The predicted molar refractivity (Wildman–Crippen MR) is 88.5 cm³/mol. The Morgan fingerprint density at radius 1 is 0.556 bits per heavy atom. The molecule has 6 heteroatoms. The summed E-state index contributed by atoms with van der Waals surface area (Å²) in [4.78, 5) is 0. The van der Waals surface area contributed by atoms with Crippen molar-refractivity contribution in [1.82, 2.24) is 10.6 Å². The zero-order valence-corrected chi connectivity index (χ0v) is 13.6. The largest absolute Gasteiger partial charge is 0.380 e. The molecule has 108 valence electrons. The summed E-state index contributed by atoms with van der Waals surface area (Å²) in [5, 5.41) is 6.97. The molecule has 0 aromatic rings. The molecule has 3 nitrogen and oxygen atoms in total. The van der Waals surface area contributed by atoms with E-state index in [4.69, 9.17) is 4.74 Å². The van der Waals surface area contributed by atoms with Gasteiger partial charge in [0.15, 0.2) is 0 Å². The predicted octanol–water partition coefficient (Wildman–Crippen LogP) is 1.40. The Balaban J connectivity index is 2.00. The van der Waals surface area contributed by atoms with Crippen molar-refractivity contribution in [3.8, 4) is 0 Å². The third kappa shape index (κ3) is 12.0. The Kier molecular flexibility index (Phi) is 13.5. The smallest absolute Gasteiger partial charge is 0.0557 e. The van der Waals surface area contributed by atoms with Gasteiger partial charge in [0.1, 0.15) is 0 Å². The van der Waals surface area contributed by atoms with E-state index in [0.717, 1.165) is 50.9 Å². The molecule has 1 aliphatic rings. The molecule has 0 saturated carbocycles. The van der Waals surface area contributed by atoms with E-state index in [1.54, 1.807) is 0 Å². The van der Waals surface area contributed by atoms with Crippen molar-refractivity contribution >= 4 is 35.3 Å². The van der Waals surface area contributed by atoms with Crippen LogP contribution in [0.4, 0.5) is 0 Å². The molecule has 0 atom stereocenters. The quantitative estimate of drug-likeness (QED) is 0.704. The van der Waals surface area contributed by atoms with E-state index in [0.29, 0.717) is 0 Å². The molecular formula is C12H26N2OS3. The highest BCUT2D eigenvalue weighted by Gasteiger charge is 1.95. The van der Waals surface area contributed by atoms with Crippen molar-refractivity contribution in [3.63, 3.8) is 0 Å². The fraction of sp³-hybridized carbons (Fsp3) is 1.00. The Morgan fingerprint density at radius 3 is 1.39 bits per heavy atom. The van der Waals surface area contributed by atoms with Crippen LogP contribution in [0.1, 0.15) is 0 Å². The minimum atomic E-state index is 0.902. The SMILES string of the molecule is C1CSCCNCCSCCOCCSCCN1. The molecule has 0 radical (unpaired) electrons. The van der Waals surface area contributed by atoms with E-state index in [-0.39, 0.29) is 0 Å². The number of hydrogen-bond donors (Lipinski definition) is 2. The molecular weight excluding hydrogens is 284 g/mol. The topological polar surface area (TPSA) is 33.3 Å². The lowest BCUT2D eigenvalue weighted by Crippen LogP contribution is -2.23. The highest BCUT2D eigenvalue weighted by Crippen LogP contribution is 2.02. The standard InChI is InChI=1S/C12H26N2OS3/c1-7-16-8-2-14-4-10-18-12-6-15-5-11-17-9-3-13-1/h13-14H,1-12H2. The molecule has 2 N–H and O–H groups in total. The highest BCUT2D eigenvalue weighted by atomic mass is 32.2. The van der Waals surface area contributed by atoms with Crippen molar-refractivity contribution in [2.24, 2.45) is 0 Å². The number of thioether (sulfide) groups is 3. The molecule has 0 aromatic carbocycles. The Labute approximate surface area is 124 Å². The van der Waals surface area contributed by atoms with Crippen LogP contribution in [0.25, 0.3) is 0 Å². The van der Waals surface area contributed by atoms with Gasteiger partial charge in [-0.3, -0.25) is 0 Å². The maximum Gasteiger partial charge on any atom is 0.0557 e. The molecule has 0 aliphatic carbocycles. The summed E-state index contributed by atoms with van der Waals surface area (Å²) in [6, 6.07) is 0. The monoisotopic (exact) mass is 310 g/mol. The minimum Gasteiger partial charge on any atom is -0.380 e. The minimum absolute atomic E-state index is 0.902. The molecule has 1 aliphatic heterocycles. The first-order valence-electron chi connectivity index (χ1n) is 6.72. The summed E-state index contributed by atoms with van der Waals surface area (Å²) in [5.74, 6) is 7.11. The molecule has 18 heavy (non-hydrogen) atoms. The lowest BCUT2D eigenvalue weighted by molar-refractivity contribution is 0.167. The van der Waals surface area contributed by atoms with E-state index >= 15 is 0 Å². The molecule has 0 amide bonds. The Hall–Kier alpha value is 0.930. The van der Waals surface area contributed by atoms with Crippen LogP contribution >= 0.6 is 35.3 Å². The molecule has 1 rings (SSSR count). The zero-order valence-electron chi connectivity index (χ0n) is 11.1. The Morgan fingerprint density at radius 2 is 0.944 bits per heavy atom. The van der Waals surface area contributed by atoms with E-state index < -0.39 is 0 Å². The van der Waals surface area contributed by atoms with Crippen molar-refractivity contribution in [1.29, 1.82) is 0 Å². The van der Waals surface area contributed by atoms with E-state index in [1.165, 1.54) is 23.0 Å². The first-order valence-corrected chi connectivity index (χ1v) is 10.2. The number of hydrogen-bond acceptors (Lipinski definition) is 6. The fourth-order valence-electron chi connectivity index (χ4n) is 1.47. The maximum absolute atomic E-state index is 5.59. The van der Waals surface area contributed by atoms with Crippen molar-refractivity contribution in [2.45, 2.75) is 0 Å². The van der Waals surface area contributed by atoms with E-state index in [2.05, 4.69) is 10.6 Å². The maximum atomic E-state index is 5.59. The van der Waals surface area contributed by atoms with Crippen LogP contribution in [-0.4, -0.2) is 73.9 Å². The molecule has 1 heterocycles. The van der Waals surface area contributed by atoms with Gasteiger partial charge in [0.2, 0.25) is 0 Å². The summed E-state index contributed by atoms with van der Waals surface area (Å²) >= 11 is 6.01. The van der Waals surface area contributed by atoms with Gasteiger partial charge in [-0.15, -0.1) is 0 Å². The second kappa shape index (κ2) is 14.3. The van der Waals surface area contributed by atoms with E-state index in [9.17, 15) is 0 Å². The van der Waals surface area contributed by atoms with Gasteiger partial charge in [-0.05, 0) is 0 Å². The third-order valence-corrected chi connectivity index (χ3v) is 5.32. The van der Waals surface area contributed by atoms with Gasteiger partial charge in [-0.1, -0.05) is 0 Å². The van der Waals surface area contributed by atoms with Crippen molar-refractivity contribution < 1.29 is 4.74 Å². The van der Waals surface area contributed by atoms with Crippen LogP contribution in [0, 0.1) is 0 Å². The van der Waals surface area contributed by atoms with Gasteiger partial charge in [-0.25, -0.2) is 0 Å². The fourth-order valence-corrected chi connectivity index (χ4v) is 3.71. The first-order chi connectivity index (χ1) is 9.00. The van der Waals surface area contributed by atoms with Crippen LogP contribution in [-0.2, 0) is 4.74 Å². The number of nitrogens with one attached hydrogen (secondary N) is 2. The van der Waals surface area contributed by atoms with Gasteiger partial charge in [0.05, 0.1) is 13.2 Å². The molecule has 0 bridgehead atoms. The van der Waals surface area contributed by atoms with Crippen LogP contribution in [0.3, 0.4) is 0 Å². The summed E-state index contributed by atoms with van der Waals surface area (Å²) in [6.07, 6.45) is 0. The van der Waals surface area contributed by atoms with Gasteiger partial charge in [-0.2, -0.15) is 35.3 Å². The van der Waals surface area contributed by atoms with Crippen LogP contribution in [0.2, 0.25) is 0 Å². The van der Waals surface area contributed by atoms with Crippen LogP contribution in [0.15, 0.2) is 0 Å². The number of ether oxygens (including phenoxy) is 1. The lowest BCUT2D eigenvalue weighted by Gasteiger charge is -2.08. The van der Waals surface area contributed by atoms with Crippen LogP contribution < -0.4 is 10.6 Å². The molecule has 0 aromatic heterocycles. The molecule has 0 spiro atoms. The highest BCUT2D eigenvalue weighted by molar-refractivity contribution is 7.99. The molecule has 0 unspecified atom stereocenters. The second-order valence-corrected chi connectivity index (χ2v) is 7.62. The first kappa shape index (κ1) is 17.0. The van der Waals surface area contributed by atoms with Gasteiger partial charge >= 0.3 is 0 Å². The van der Waals surface area contributed by atoms with Crippen LogP contribution in [0.5, 0.6) is 0 Å². The second-order valence-electron chi connectivity index (χ2n) is 3.95. The normalized spacial score (nSPS) is 24.0. The van der Waals surface area contributed by atoms with Gasteiger partial charge in [0, 0.05) is 60.7 Å². The lowest BCUT2D eigenvalue weighted by atomic mass is 10.6. The van der Waals surface area contributed by atoms with Crippen molar-refractivity contribution in [2.75, 3.05) is 73.9 Å². The third-order valence-electron chi connectivity index (χ3n) is 2.44. The summed E-state index contributed by atoms with van der Waals surface area (Å²) in [6.45, 7) is 6.33. The summed E-state index contributed by atoms with van der Waals surface area (Å²) in [7, 11) is 0. The summed E-state index contributed by atoms with van der Waals surface area (Å²) in [5.41, 5.74) is 0. The zero-order chi connectivity index (χ0) is 12.7. The number of rotatable bonds is 0.